The molecule has 0 radical (unpaired) electrons. The van der Waals surface area contributed by atoms with Crippen LogP contribution in [-0.4, -0.2) is 0 Å². The molecule has 0 aromatic heterocycles. The molecular formula is C28H50. The number of allylic oxidation sites excluding steroid dienone is 4. The van der Waals surface area contributed by atoms with Gasteiger partial charge in [0.1, 0.15) is 0 Å². The van der Waals surface area contributed by atoms with Crippen molar-refractivity contribution in [2.45, 2.75) is 136 Å². The Hall–Kier alpha value is -0.520. The van der Waals surface area contributed by atoms with E-state index in [1.54, 1.807) is 5.57 Å². The summed E-state index contributed by atoms with van der Waals surface area (Å²) < 4.78 is 0. The van der Waals surface area contributed by atoms with E-state index in [9.17, 15) is 0 Å². The lowest BCUT2D eigenvalue weighted by molar-refractivity contribution is 0.282. The topological polar surface area (TPSA) is 0 Å². The molecule has 0 spiro atoms. The maximum absolute atomic E-state index is 2.61. The highest BCUT2D eigenvalue weighted by molar-refractivity contribution is 5.26. The molecule has 1 atom stereocenters. The van der Waals surface area contributed by atoms with Gasteiger partial charge in [-0.2, -0.15) is 0 Å². The second kappa shape index (κ2) is 15.3. The summed E-state index contributed by atoms with van der Waals surface area (Å²) in [7, 11) is 0. The summed E-state index contributed by atoms with van der Waals surface area (Å²) in [6.07, 6.45) is 35.1. The van der Waals surface area contributed by atoms with Gasteiger partial charge in [0, 0.05) is 0 Å². The predicted octanol–water partition coefficient (Wildman–Crippen LogP) is 9.80. The van der Waals surface area contributed by atoms with Crippen molar-refractivity contribution in [1.29, 1.82) is 0 Å². The minimum Gasteiger partial charge on any atom is -0.0808 e. The van der Waals surface area contributed by atoms with Crippen LogP contribution in [0.1, 0.15) is 136 Å². The van der Waals surface area contributed by atoms with Crippen LogP contribution in [0.25, 0.3) is 0 Å². The van der Waals surface area contributed by atoms with E-state index in [1.807, 2.05) is 0 Å². The van der Waals surface area contributed by atoms with Crippen molar-refractivity contribution in [3.05, 3.63) is 23.8 Å². The maximum Gasteiger partial charge on any atom is -0.0165 e. The summed E-state index contributed by atoms with van der Waals surface area (Å²) in [4.78, 5) is 0. The van der Waals surface area contributed by atoms with Gasteiger partial charge >= 0.3 is 0 Å². The Kier molecular flexibility index (Phi) is 13.0. The van der Waals surface area contributed by atoms with E-state index in [0.717, 1.165) is 17.8 Å². The van der Waals surface area contributed by atoms with Crippen molar-refractivity contribution in [2.24, 2.45) is 17.8 Å². The van der Waals surface area contributed by atoms with E-state index >= 15 is 0 Å². The summed E-state index contributed by atoms with van der Waals surface area (Å²) in [6, 6.07) is 0. The zero-order chi connectivity index (χ0) is 19.9. The zero-order valence-electron chi connectivity index (χ0n) is 19.4. The third kappa shape index (κ3) is 9.80. The van der Waals surface area contributed by atoms with Crippen LogP contribution in [0.5, 0.6) is 0 Å². The van der Waals surface area contributed by atoms with E-state index in [4.69, 9.17) is 0 Å². The molecule has 0 saturated heterocycles. The minimum absolute atomic E-state index is 0.832. The number of hydrogen-bond donors (Lipinski definition) is 0. The second-order valence-corrected chi connectivity index (χ2v) is 9.89. The van der Waals surface area contributed by atoms with Gasteiger partial charge in [-0.1, -0.05) is 116 Å². The summed E-state index contributed by atoms with van der Waals surface area (Å²) in [6.45, 7) is 4.62. The first-order chi connectivity index (χ1) is 13.8. The van der Waals surface area contributed by atoms with Crippen molar-refractivity contribution < 1.29 is 0 Å². The third-order valence-electron chi connectivity index (χ3n) is 7.43. The molecule has 1 saturated carbocycles. The highest BCUT2D eigenvalue weighted by Crippen LogP contribution is 2.38. The molecular weight excluding hydrogens is 336 g/mol. The minimum atomic E-state index is 0.832. The molecule has 0 aliphatic heterocycles. The van der Waals surface area contributed by atoms with Gasteiger partial charge in [0.25, 0.3) is 0 Å². The largest absolute Gasteiger partial charge is 0.0808 e. The smallest absolute Gasteiger partial charge is 0.0165 e. The van der Waals surface area contributed by atoms with Crippen molar-refractivity contribution >= 4 is 0 Å². The number of rotatable bonds is 15. The van der Waals surface area contributed by atoms with Crippen LogP contribution in [-0.2, 0) is 0 Å². The third-order valence-corrected chi connectivity index (χ3v) is 7.43. The lowest BCUT2D eigenvalue weighted by Crippen LogP contribution is -2.17. The Morgan fingerprint density at radius 1 is 0.679 bits per heavy atom. The van der Waals surface area contributed by atoms with Crippen LogP contribution in [0.4, 0.5) is 0 Å². The summed E-state index contributed by atoms with van der Waals surface area (Å²) >= 11 is 0. The van der Waals surface area contributed by atoms with Gasteiger partial charge in [-0.05, 0) is 61.9 Å². The van der Waals surface area contributed by atoms with Gasteiger partial charge in [0.05, 0.1) is 0 Å². The van der Waals surface area contributed by atoms with Crippen LogP contribution in [0.3, 0.4) is 0 Å². The SMILES string of the molecule is CCCCCCCCC1C=CC(C2CCC(CCCCCCCC)CC2)=CC1. The molecule has 0 bridgehead atoms. The Balaban J connectivity index is 1.52. The molecule has 2 aliphatic carbocycles. The summed E-state index contributed by atoms with van der Waals surface area (Å²) in [5.41, 5.74) is 1.69. The Morgan fingerprint density at radius 2 is 1.25 bits per heavy atom. The molecule has 0 N–H and O–H groups in total. The molecule has 0 heteroatoms. The Morgan fingerprint density at radius 3 is 1.82 bits per heavy atom. The Labute approximate surface area is 177 Å². The number of hydrogen-bond acceptors (Lipinski definition) is 0. The normalized spacial score (nSPS) is 25.1. The molecule has 2 rings (SSSR count). The average molecular weight is 387 g/mol. The van der Waals surface area contributed by atoms with Crippen LogP contribution in [0.2, 0.25) is 0 Å². The molecule has 28 heavy (non-hydrogen) atoms. The van der Waals surface area contributed by atoms with Crippen molar-refractivity contribution in [1.82, 2.24) is 0 Å². The summed E-state index contributed by atoms with van der Waals surface area (Å²) in [5.74, 6) is 2.75. The lowest BCUT2D eigenvalue weighted by atomic mass is 9.75. The van der Waals surface area contributed by atoms with Crippen LogP contribution in [0.15, 0.2) is 23.8 Å². The monoisotopic (exact) mass is 386 g/mol. The fourth-order valence-electron chi connectivity index (χ4n) is 5.38. The van der Waals surface area contributed by atoms with Crippen molar-refractivity contribution in [3.8, 4) is 0 Å². The molecule has 0 heterocycles. The van der Waals surface area contributed by atoms with Crippen molar-refractivity contribution in [3.63, 3.8) is 0 Å². The Bertz CT molecular complexity index is 421. The van der Waals surface area contributed by atoms with Crippen LogP contribution >= 0.6 is 0 Å². The fourth-order valence-corrected chi connectivity index (χ4v) is 5.38. The van der Waals surface area contributed by atoms with Gasteiger partial charge in [0.2, 0.25) is 0 Å². The quantitative estimate of drug-likeness (QED) is 0.246. The first-order valence-electron chi connectivity index (χ1n) is 13.2. The highest BCUT2D eigenvalue weighted by Gasteiger charge is 2.23. The van der Waals surface area contributed by atoms with E-state index in [1.165, 1.54) is 122 Å². The molecule has 0 amide bonds. The maximum atomic E-state index is 2.61. The van der Waals surface area contributed by atoms with Gasteiger partial charge in [-0.15, -0.1) is 0 Å². The van der Waals surface area contributed by atoms with Gasteiger partial charge in [-0.3, -0.25) is 0 Å². The van der Waals surface area contributed by atoms with E-state index in [-0.39, 0.29) is 0 Å². The molecule has 0 aromatic rings. The summed E-state index contributed by atoms with van der Waals surface area (Å²) in [5, 5.41) is 0. The van der Waals surface area contributed by atoms with Crippen molar-refractivity contribution in [2.75, 3.05) is 0 Å². The standard InChI is InChI=1S/C28H50/c1-3-5-7-9-11-13-15-25-17-21-27(22-18-25)28-23-19-26(20-24-28)16-14-12-10-8-6-4-2/h17,21-22,25-26,28H,3-16,18-20,23-24H2,1-2H3. The van der Waals surface area contributed by atoms with E-state index in [2.05, 4.69) is 32.1 Å². The van der Waals surface area contributed by atoms with Crippen LogP contribution < -0.4 is 0 Å². The molecule has 162 valence electrons. The second-order valence-electron chi connectivity index (χ2n) is 9.89. The predicted molar refractivity (Wildman–Crippen MR) is 127 cm³/mol. The van der Waals surface area contributed by atoms with Gasteiger partial charge in [0.15, 0.2) is 0 Å². The lowest BCUT2D eigenvalue weighted by Gasteiger charge is -2.31. The zero-order valence-corrected chi connectivity index (χ0v) is 19.4. The van der Waals surface area contributed by atoms with Gasteiger partial charge < -0.3 is 0 Å². The molecule has 2 aliphatic rings. The van der Waals surface area contributed by atoms with Gasteiger partial charge in [-0.25, -0.2) is 0 Å². The molecule has 1 unspecified atom stereocenters. The van der Waals surface area contributed by atoms with E-state index < -0.39 is 0 Å². The van der Waals surface area contributed by atoms with Crippen LogP contribution in [0, 0.1) is 17.8 Å². The number of unbranched alkanes of at least 4 members (excludes halogenated alkanes) is 10. The molecule has 0 nitrogen and oxygen atoms in total. The van der Waals surface area contributed by atoms with E-state index in [0.29, 0.717) is 0 Å². The first kappa shape index (κ1) is 23.8. The molecule has 1 fully saturated rings. The first-order valence-corrected chi connectivity index (χ1v) is 13.2. The highest BCUT2D eigenvalue weighted by atomic mass is 14.3. The average Bonchev–Trinajstić information content (AvgIpc) is 2.74. The fraction of sp³-hybridized carbons (Fsp3) is 0.857. The molecule has 0 aromatic carbocycles.